The molecular weight excluding hydrogens is 257 g/mol. The lowest BCUT2D eigenvalue weighted by Crippen LogP contribution is -2.17. The predicted molar refractivity (Wildman–Crippen MR) is 65.9 cm³/mol. The number of halogens is 3. The highest BCUT2D eigenvalue weighted by Crippen LogP contribution is 2.33. The largest absolute Gasteiger partial charge is 0.573 e. The fraction of sp³-hybridized carbons (Fsp3) is 0.154. The smallest absolute Gasteiger partial charge is 0.405 e. The lowest BCUT2D eigenvalue weighted by atomic mass is 10.1. The fourth-order valence-corrected chi connectivity index (χ4v) is 1.63. The van der Waals surface area contributed by atoms with Crippen LogP contribution in [0.4, 0.5) is 18.9 Å². The molecule has 1 N–H and O–H groups in total. The minimum Gasteiger partial charge on any atom is -0.405 e. The number of rotatable bonds is 3. The highest BCUT2D eigenvalue weighted by atomic mass is 19.4. The van der Waals surface area contributed by atoms with Crippen molar-refractivity contribution >= 4 is 5.69 Å². The lowest BCUT2D eigenvalue weighted by molar-refractivity contribution is -0.274. The van der Waals surface area contributed by atoms with Gasteiger partial charge in [0.1, 0.15) is 5.75 Å². The average Bonchev–Trinajstić information content (AvgIpc) is 2.37. The molecule has 0 aliphatic heterocycles. The zero-order chi connectivity index (χ0) is 13.9. The normalized spacial score (nSPS) is 11.2. The molecule has 1 aromatic heterocycles. The van der Waals surface area contributed by atoms with E-state index in [-0.39, 0.29) is 11.3 Å². The van der Waals surface area contributed by atoms with E-state index in [9.17, 15) is 13.2 Å². The average molecular weight is 268 g/mol. The Morgan fingerprint density at radius 2 is 1.89 bits per heavy atom. The Hall–Kier alpha value is -2.24. The molecule has 6 heteroatoms. The van der Waals surface area contributed by atoms with Crippen LogP contribution in [0.3, 0.4) is 0 Å². The Labute approximate surface area is 108 Å². The van der Waals surface area contributed by atoms with Crippen molar-refractivity contribution in [3.05, 3.63) is 42.6 Å². The summed E-state index contributed by atoms with van der Waals surface area (Å²) in [5, 5.41) is 2.90. The summed E-state index contributed by atoms with van der Waals surface area (Å²) in [5.74, 6) is -0.268. The van der Waals surface area contributed by atoms with E-state index in [1.54, 1.807) is 25.2 Å². The minimum atomic E-state index is -4.73. The molecule has 1 heterocycles. The summed E-state index contributed by atoms with van der Waals surface area (Å²) in [7, 11) is 1.72. The van der Waals surface area contributed by atoms with Gasteiger partial charge in [-0.3, -0.25) is 4.98 Å². The fourth-order valence-electron chi connectivity index (χ4n) is 1.63. The standard InChI is InChI=1S/C13H11F3N2O/c1-17-9-6-7-18-11(8-9)10-4-2-3-5-12(10)19-13(14,15)16/h2-8H,1H3,(H,17,18). The molecule has 0 bridgehead atoms. The van der Waals surface area contributed by atoms with Crippen LogP contribution in [0.5, 0.6) is 5.75 Å². The van der Waals surface area contributed by atoms with Gasteiger partial charge < -0.3 is 10.1 Å². The SMILES string of the molecule is CNc1ccnc(-c2ccccc2OC(F)(F)F)c1. The molecule has 0 saturated carbocycles. The van der Waals surface area contributed by atoms with Gasteiger partial charge in [0.25, 0.3) is 0 Å². The van der Waals surface area contributed by atoms with E-state index in [1.165, 1.54) is 24.4 Å². The van der Waals surface area contributed by atoms with E-state index in [0.717, 1.165) is 5.69 Å². The van der Waals surface area contributed by atoms with Gasteiger partial charge in [0.05, 0.1) is 5.69 Å². The number of nitrogens with zero attached hydrogens (tertiary/aromatic N) is 1. The molecule has 0 saturated heterocycles. The van der Waals surface area contributed by atoms with Crippen LogP contribution >= 0.6 is 0 Å². The Morgan fingerprint density at radius 3 is 2.58 bits per heavy atom. The molecule has 0 fully saturated rings. The van der Waals surface area contributed by atoms with Crippen LogP contribution in [-0.2, 0) is 0 Å². The number of anilines is 1. The topological polar surface area (TPSA) is 34.2 Å². The van der Waals surface area contributed by atoms with Gasteiger partial charge in [-0.1, -0.05) is 12.1 Å². The summed E-state index contributed by atoms with van der Waals surface area (Å²) in [6.45, 7) is 0. The molecule has 0 radical (unpaired) electrons. The number of hydrogen-bond acceptors (Lipinski definition) is 3. The van der Waals surface area contributed by atoms with E-state index >= 15 is 0 Å². The Kier molecular flexibility index (Phi) is 3.59. The van der Waals surface area contributed by atoms with Gasteiger partial charge >= 0.3 is 6.36 Å². The number of hydrogen-bond donors (Lipinski definition) is 1. The van der Waals surface area contributed by atoms with Crippen LogP contribution < -0.4 is 10.1 Å². The number of para-hydroxylation sites is 1. The number of nitrogens with one attached hydrogen (secondary N) is 1. The lowest BCUT2D eigenvalue weighted by Gasteiger charge is -2.13. The monoisotopic (exact) mass is 268 g/mol. The second kappa shape index (κ2) is 5.17. The second-order valence-corrected chi connectivity index (χ2v) is 3.72. The highest BCUT2D eigenvalue weighted by molar-refractivity contribution is 5.69. The molecule has 0 amide bonds. The van der Waals surface area contributed by atoms with Crippen LogP contribution in [0.2, 0.25) is 0 Å². The summed E-state index contributed by atoms with van der Waals surface area (Å²) in [6.07, 6.45) is -3.21. The molecule has 100 valence electrons. The minimum absolute atomic E-state index is 0.268. The second-order valence-electron chi connectivity index (χ2n) is 3.72. The van der Waals surface area contributed by atoms with E-state index in [2.05, 4.69) is 15.0 Å². The maximum atomic E-state index is 12.3. The third kappa shape index (κ3) is 3.37. The summed E-state index contributed by atoms with van der Waals surface area (Å²) < 4.78 is 41.0. The molecule has 0 aliphatic carbocycles. The summed E-state index contributed by atoms with van der Waals surface area (Å²) in [6, 6.07) is 9.27. The van der Waals surface area contributed by atoms with Crippen LogP contribution in [0.15, 0.2) is 42.6 Å². The summed E-state index contributed by atoms with van der Waals surface area (Å²) in [4.78, 5) is 4.06. The van der Waals surface area contributed by atoms with Crippen molar-refractivity contribution in [3.8, 4) is 17.0 Å². The number of benzene rings is 1. The molecular formula is C13H11F3N2O. The first-order chi connectivity index (χ1) is 8.99. The third-order valence-corrected chi connectivity index (χ3v) is 2.44. The van der Waals surface area contributed by atoms with E-state index in [0.29, 0.717) is 5.69 Å². The molecule has 0 aliphatic rings. The van der Waals surface area contributed by atoms with Crippen LogP contribution in [0, 0.1) is 0 Å². The molecule has 19 heavy (non-hydrogen) atoms. The zero-order valence-corrected chi connectivity index (χ0v) is 10.0. The molecule has 1 aromatic carbocycles. The molecule has 2 aromatic rings. The Balaban J connectivity index is 2.44. The van der Waals surface area contributed by atoms with Gasteiger partial charge in [0.15, 0.2) is 0 Å². The maximum absolute atomic E-state index is 12.3. The number of pyridine rings is 1. The van der Waals surface area contributed by atoms with Gasteiger partial charge in [0, 0.05) is 24.5 Å². The van der Waals surface area contributed by atoms with Crippen LogP contribution in [0.1, 0.15) is 0 Å². The number of aromatic nitrogens is 1. The van der Waals surface area contributed by atoms with Crippen molar-refractivity contribution in [2.24, 2.45) is 0 Å². The first kappa shape index (κ1) is 13.2. The van der Waals surface area contributed by atoms with Gasteiger partial charge in [-0.05, 0) is 24.3 Å². The summed E-state index contributed by atoms with van der Waals surface area (Å²) >= 11 is 0. The molecule has 0 spiro atoms. The molecule has 0 unspecified atom stereocenters. The van der Waals surface area contributed by atoms with Crippen molar-refractivity contribution in [3.63, 3.8) is 0 Å². The van der Waals surface area contributed by atoms with E-state index in [1.807, 2.05) is 0 Å². The third-order valence-electron chi connectivity index (χ3n) is 2.44. The highest BCUT2D eigenvalue weighted by Gasteiger charge is 2.32. The predicted octanol–water partition coefficient (Wildman–Crippen LogP) is 3.69. The quantitative estimate of drug-likeness (QED) is 0.921. The first-order valence-corrected chi connectivity index (χ1v) is 5.48. The molecule has 3 nitrogen and oxygen atoms in total. The van der Waals surface area contributed by atoms with E-state index in [4.69, 9.17) is 0 Å². The first-order valence-electron chi connectivity index (χ1n) is 5.48. The zero-order valence-electron chi connectivity index (χ0n) is 10.0. The Bertz CT molecular complexity index is 570. The van der Waals surface area contributed by atoms with Crippen LogP contribution in [-0.4, -0.2) is 18.4 Å². The van der Waals surface area contributed by atoms with Gasteiger partial charge in [0.2, 0.25) is 0 Å². The number of ether oxygens (including phenoxy) is 1. The Morgan fingerprint density at radius 1 is 1.16 bits per heavy atom. The van der Waals surface area contributed by atoms with Gasteiger partial charge in [-0.15, -0.1) is 13.2 Å². The van der Waals surface area contributed by atoms with Crippen molar-refractivity contribution in [2.45, 2.75) is 6.36 Å². The van der Waals surface area contributed by atoms with Crippen molar-refractivity contribution in [1.29, 1.82) is 0 Å². The maximum Gasteiger partial charge on any atom is 0.573 e. The van der Waals surface area contributed by atoms with Gasteiger partial charge in [-0.25, -0.2) is 0 Å². The van der Waals surface area contributed by atoms with E-state index < -0.39 is 6.36 Å². The van der Waals surface area contributed by atoms with Gasteiger partial charge in [-0.2, -0.15) is 0 Å². The van der Waals surface area contributed by atoms with Crippen molar-refractivity contribution in [1.82, 2.24) is 4.98 Å². The van der Waals surface area contributed by atoms with Crippen LogP contribution in [0.25, 0.3) is 11.3 Å². The summed E-state index contributed by atoms with van der Waals surface area (Å²) in [5.41, 5.74) is 1.45. The van der Waals surface area contributed by atoms with Crippen molar-refractivity contribution < 1.29 is 17.9 Å². The molecule has 0 atom stereocenters. The molecule has 2 rings (SSSR count). The number of alkyl halides is 3. The van der Waals surface area contributed by atoms with Crippen molar-refractivity contribution in [2.75, 3.05) is 12.4 Å².